The Labute approximate surface area is 157 Å². The first-order valence-electron chi connectivity index (χ1n) is 8.07. The third kappa shape index (κ3) is 5.40. The molecule has 130 valence electrons. The Kier molecular flexibility index (Phi) is 7.40. The van der Waals surface area contributed by atoms with E-state index in [0.29, 0.717) is 19.7 Å². The van der Waals surface area contributed by atoms with Gasteiger partial charge in [0.1, 0.15) is 0 Å². The van der Waals surface area contributed by atoms with Crippen LogP contribution in [-0.2, 0) is 13.1 Å². The van der Waals surface area contributed by atoms with Gasteiger partial charge in [-0.25, -0.2) is 0 Å². The number of halogens is 2. The fourth-order valence-corrected chi connectivity index (χ4v) is 2.97. The molecule has 0 spiro atoms. The Morgan fingerprint density at radius 3 is 2.46 bits per heavy atom. The van der Waals surface area contributed by atoms with Gasteiger partial charge in [-0.1, -0.05) is 45.7 Å². The Morgan fingerprint density at radius 2 is 1.79 bits per heavy atom. The minimum Gasteiger partial charge on any atom is -0.490 e. The van der Waals surface area contributed by atoms with Crippen LogP contribution in [0.25, 0.3) is 0 Å². The molecule has 1 N–H and O–H groups in total. The van der Waals surface area contributed by atoms with E-state index < -0.39 is 0 Å². The van der Waals surface area contributed by atoms with E-state index in [1.807, 2.05) is 57.2 Å². The van der Waals surface area contributed by atoms with Crippen molar-refractivity contribution in [1.82, 2.24) is 5.32 Å². The predicted octanol–water partition coefficient (Wildman–Crippen LogP) is 5.58. The maximum atomic E-state index is 6.19. The van der Waals surface area contributed by atoms with Gasteiger partial charge in [-0.3, -0.25) is 0 Å². The summed E-state index contributed by atoms with van der Waals surface area (Å²) >= 11 is 9.81. The second kappa shape index (κ2) is 9.30. The minimum atomic E-state index is 0.0975. The van der Waals surface area contributed by atoms with Crippen molar-refractivity contribution in [2.24, 2.45) is 0 Å². The molecule has 5 heteroatoms. The van der Waals surface area contributed by atoms with E-state index in [1.54, 1.807) is 0 Å². The summed E-state index contributed by atoms with van der Waals surface area (Å²) in [4.78, 5) is 0. The molecule has 2 aromatic rings. The standard InChI is InChI=1S/C19H23BrClNO2/c1-4-23-18-9-15(16(20)10-19(18)24-13(2)3)12-22-11-14-7-5-6-8-17(14)21/h5-10,13,22H,4,11-12H2,1-3H3. The zero-order valence-electron chi connectivity index (χ0n) is 14.2. The first-order chi connectivity index (χ1) is 11.5. The molecule has 2 rings (SSSR count). The average Bonchev–Trinajstić information content (AvgIpc) is 2.52. The molecule has 0 saturated carbocycles. The third-order valence-corrected chi connectivity index (χ3v) is 4.47. The van der Waals surface area contributed by atoms with Crippen LogP contribution in [0, 0.1) is 0 Å². The summed E-state index contributed by atoms with van der Waals surface area (Å²) in [5.41, 5.74) is 2.20. The molecule has 0 atom stereocenters. The maximum absolute atomic E-state index is 6.19. The summed E-state index contributed by atoms with van der Waals surface area (Å²) in [5.74, 6) is 1.53. The smallest absolute Gasteiger partial charge is 0.162 e. The SMILES string of the molecule is CCOc1cc(CNCc2ccccc2Cl)c(Br)cc1OC(C)C. The van der Waals surface area contributed by atoms with Gasteiger partial charge in [0, 0.05) is 22.6 Å². The van der Waals surface area contributed by atoms with Crippen molar-refractivity contribution in [1.29, 1.82) is 0 Å². The van der Waals surface area contributed by atoms with Gasteiger partial charge in [-0.15, -0.1) is 0 Å². The van der Waals surface area contributed by atoms with Crippen LogP contribution in [0.1, 0.15) is 31.9 Å². The average molecular weight is 413 g/mol. The lowest BCUT2D eigenvalue weighted by Gasteiger charge is -2.17. The van der Waals surface area contributed by atoms with Crippen LogP contribution >= 0.6 is 27.5 Å². The lowest BCUT2D eigenvalue weighted by atomic mass is 10.1. The van der Waals surface area contributed by atoms with Gasteiger partial charge in [0.15, 0.2) is 11.5 Å². The fraction of sp³-hybridized carbons (Fsp3) is 0.368. The highest BCUT2D eigenvalue weighted by Gasteiger charge is 2.12. The van der Waals surface area contributed by atoms with E-state index in [2.05, 4.69) is 21.2 Å². The highest BCUT2D eigenvalue weighted by molar-refractivity contribution is 9.10. The van der Waals surface area contributed by atoms with Crippen molar-refractivity contribution < 1.29 is 9.47 Å². The largest absolute Gasteiger partial charge is 0.490 e. The van der Waals surface area contributed by atoms with E-state index in [9.17, 15) is 0 Å². The predicted molar refractivity (Wildman–Crippen MR) is 103 cm³/mol. The lowest BCUT2D eigenvalue weighted by Crippen LogP contribution is -2.14. The quantitative estimate of drug-likeness (QED) is 0.614. The molecular weight excluding hydrogens is 390 g/mol. The van der Waals surface area contributed by atoms with E-state index >= 15 is 0 Å². The first kappa shape index (κ1) is 19.1. The molecule has 24 heavy (non-hydrogen) atoms. The summed E-state index contributed by atoms with van der Waals surface area (Å²) in [6.45, 7) is 7.98. The van der Waals surface area contributed by atoms with Gasteiger partial charge < -0.3 is 14.8 Å². The summed E-state index contributed by atoms with van der Waals surface area (Å²) < 4.78 is 12.5. The molecule has 0 aliphatic rings. The van der Waals surface area contributed by atoms with Crippen LogP contribution in [0.5, 0.6) is 11.5 Å². The second-order valence-corrected chi connectivity index (χ2v) is 6.95. The molecule has 0 aliphatic carbocycles. The molecule has 0 bridgehead atoms. The topological polar surface area (TPSA) is 30.5 Å². The molecular formula is C19H23BrClNO2. The number of benzene rings is 2. The van der Waals surface area contributed by atoms with Crippen molar-refractivity contribution in [3.63, 3.8) is 0 Å². The molecule has 0 amide bonds. The Balaban J connectivity index is 2.09. The van der Waals surface area contributed by atoms with Gasteiger partial charge in [0.25, 0.3) is 0 Å². The Bertz CT molecular complexity index is 676. The van der Waals surface area contributed by atoms with Gasteiger partial charge in [-0.05, 0) is 50.1 Å². The summed E-state index contributed by atoms with van der Waals surface area (Å²) in [6.07, 6.45) is 0.0975. The minimum absolute atomic E-state index is 0.0975. The molecule has 0 unspecified atom stereocenters. The van der Waals surface area contributed by atoms with Crippen molar-refractivity contribution >= 4 is 27.5 Å². The number of hydrogen-bond donors (Lipinski definition) is 1. The number of nitrogens with one attached hydrogen (secondary N) is 1. The molecule has 0 aliphatic heterocycles. The zero-order chi connectivity index (χ0) is 17.5. The number of rotatable bonds is 8. The van der Waals surface area contributed by atoms with Gasteiger partial charge >= 0.3 is 0 Å². The Morgan fingerprint density at radius 1 is 1.08 bits per heavy atom. The first-order valence-corrected chi connectivity index (χ1v) is 9.24. The van der Waals surface area contributed by atoms with E-state index in [0.717, 1.165) is 32.1 Å². The maximum Gasteiger partial charge on any atom is 0.162 e. The van der Waals surface area contributed by atoms with Gasteiger partial charge in [0.05, 0.1) is 12.7 Å². The molecule has 0 saturated heterocycles. The van der Waals surface area contributed by atoms with Crippen LogP contribution in [0.3, 0.4) is 0 Å². The van der Waals surface area contributed by atoms with Crippen LogP contribution in [0.15, 0.2) is 40.9 Å². The molecule has 3 nitrogen and oxygen atoms in total. The molecule has 0 fully saturated rings. The fourth-order valence-electron chi connectivity index (χ4n) is 2.30. The van der Waals surface area contributed by atoms with Crippen LogP contribution in [0.4, 0.5) is 0 Å². The van der Waals surface area contributed by atoms with Crippen LogP contribution < -0.4 is 14.8 Å². The van der Waals surface area contributed by atoms with Crippen molar-refractivity contribution in [2.75, 3.05) is 6.61 Å². The van der Waals surface area contributed by atoms with Crippen molar-refractivity contribution in [3.05, 3.63) is 57.0 Å². The van der Waals surface area contributed by atoms with Crippen LogP contribution in [-0.4, -0.2) is 12.7 Å². The van der Waals surface area contributed by atoms with Crippen molar-refractivity contribution in [3.8, 4) is 11.5 Å². The lowest BCUT2D eigenvalue weighted by molar-refractivity contribution is 0.223. The highest BCUT2D eigenvalue weighted by Crippen LogP contribution is 2.34. The third-order valence-electron chi connectivity index (χ3n) is 3.36. The summed E-state index contributed by atoms with van der Waals surface area (Å²) in [7, 11) is 0. The Hall–Kier alpha value is -1.23. The van der Waals surface area contributed by atoms with Gasteiger partial charge in [-0.2, -0.15) is 0 Å². The highest BCUT2D eigenvalue weighted by atomic mass is 79.9. The monoisotopic (exact) mass is 411 g/mol. The van der Waals surface area contributed by atoms with Gasteiger partial charge in [0.2, 0.25) is 0 Å². The zero-order valence-corrected chi connectivity index (χ0v) is 16.6. The molecule has 0 radical (unpaired) electrons. The summed E-state index contributed by atoms with van der Waals surface area (Å²) in [5, 5.41) is 4.20. The van der Waals surface area contributed by atoms with E-state index in [4.69, 9.17) is 21.1 Å². The van der Waals surface area contributed by atoms with E-state index in [1.165, 1.54) is 0 Å². The number of hydrogen-bond acceptors (Lipinski definition) is 3. The van der Waals surface area contributed by atoms with Crippen LogP contribution in [0.2, 0.25) is 5.02 Å². The van der Waals surface area contributed by atoms with Crippen molar-refractivity contribution in [2.45, 2.75) is 40.0 Å². The molecule has 0 aromatic heterocycles. The van der Waals surface area contributed by atoms with E-state index in [-0.39, 0.29) is 6.10 Å². The normalized spacial score (nSPS) is 10.9. The number of ether oxygens (including phenoxy) is 2. The summed E-state index contributed by atoms with van der Waals surface area (Å²) in [6, 6.07) is 11.8. The molecule has 0 heterocycles. The molecule has 2 aromatic carbocycles. The second-order valence-electron chi connectivity index (χ2n) is 5.68.